The van der Waals surface area contributed by atoms with E-state index in [4.69, 9.17) is 0 Å². The number of thiazole rings is 1. The predicted octanol–water partition coefficient (Wildman–Crippen LogP) is 2.24. The maximum absolute atomic E-state index is 12.1. The molecule has 6 nitrogen and oxygen atoms in total. The van der Waals surface area contributed by atoms with E-state index in [2.05, 4.69) is 10.3 Å². The van der Waals surface area contributed by atoms with Gasteiger partial charge in [-0.05, 0) is 26.2 Å². The number of hydrogen-bond acceptors (Lipinski definition) is 4. The largest absolute Gasteiger partial charge is 0.481 e. The second kappa shape index (κ2) is 6.43. The van der Waals surface area contributed by atoms with Gasteiger partial charge in [-0.25, -0.2) is 9.78 Å². The number of hydrogen-bond donors (Lipinski definition) is 2. The van der Waals surface area contributed by atoms with Crippen molar-refractivity contribution in [3.8, 4) is 0 Å². The number of aryl methyl sites for hydroxylation is 1. The molecular weight excluding hydrogens is 290 g/mol. The van der Waals surface area contributed by atoms with Crippen molar-refractivity contribution in [2.45, 2.75) is 39.7 Å². The molecule has 0 saturated carbocycles. The summed E-state index contributed by atoms with van der Waals surface area (Å²) in [4.78, 5) is 30.5. The summed E-state index contributed by atoms with van der Waals surface area (Å²) >= 11 is 1.56. The van der Waals surface area contributed by atoms with Crippen molar-refractivity contribution in [3.05, 3.63) is 16.1 Å². The van der Waals surface area contributed by atoms with Crippen LogP contribution in [0, 0.1) is 12.3 Å². The number of nitrogens with one attached hydrogen (secondary N) is 1. The molecule has 1 aliphatic heterocycles. The van der Waals surface area contributed by atoms with E-state index in [-0.39, 0.29) is 6.03 Å². The number of carboxylic acids is 1. The third-order valence-electron chi connectivity index (χ3n) is 4.20. The Balaban J connectivity index is 1.84. The fourth-order valence-corrected chi connectivity index (χ4v) is 3.33. The second-order valence-electron chi connectivity index (χ2n) is 5.45. The second-order valence-corrected chi connectivity index (χ2v) is 6.77. The summed E-state index contributed by atoms with van der Waals surface area (Å²) in [5.41, 5.74) is -0.663. The number of piperidine rings is 1. The van der Waals surface area contributed by atoms with Crippen LogP contribution < -0.4 is 5.32 Å². The van der Waals surface area contributed by atoms with E-state index >= 15 is 0 Å². The average molecular weight is 311 g/mol. The highest BCUT2D eigenvalue weighted by Gasteiger charge is 2.40. The Morgan fingerprint density at radius 1 is 1.48 bits per heavy atom. The third-order valence-corrected chi connectivity index (χ3v) is 5.11. The third kappa shape index (κ3) is 3.53. The average Bonchev–Trinajstić information content (AvgIpc) is 2.90. The summed E-state index contributed by atoms with van der Waals surface area (Å²) in [6.07, 6.45) is 3.43. The van der Waals surface area contributed by atoms with Gasteiger partial charge >= 0.3 is 12.0 Å². The smallest absolute Gasteiger partial charge is 0.317 e. The van der Waals surface area contributed by atoms with Gasteiger partial charge in [-0.2, -0.15) is 0 Å². The predicted molar refractivity (Wildman–Crippen MR) is 80.3 cm³/mol. The summed E-state index contributed by atoms with van der Waals surface area (Å²) in [7, 11) is 0. The fourth-order valence-electron chi connectivity index (χ4n) is 2.60. The molecule has 1 aliphatic rings. The maximum atomic E-state index is 12.1. The summed E-state index contributed by atoms with van der Waals surface area (Å²) in [5, 5.41) is 13.1. The minimum atomic E-state index is -0.747. The Morgan fingerprint density at radius 3 is 2.62 bits per heavy atom. The van der Waals surface area contributed by atoms with E-state index in [0.717, 1.165) is 9.88 Å². The van der Waals surface area contributed by atoms with Gasteiger partial charge in [-0.1, -0.05) is 6.92 Å². The molecule has 1 saturated heterocycles. The van der Waals surface area contributed by atoms with E-state index < -0.39 is 11.4 Å². The number of carboxylic acid groups (broad SMARTS) is 1. The van der Waals surface area contributed by atoms with E-state index in [1.54, 1.807) is 22.4 Å². The normalized spacial score (nSPS) is 17.5. The number of carbonyl (C=O) groups is 2. The van der Waals surface area contributed by atoms with E-state index in [0.29, 0.717) is 38.9 Å². The van der Waals surface area contributed by atoms with Gasteiger partial charge in [0, 0.05) is 24.2 Å². The van der Waals surface area contributed by atoms with Crippen LogP contribution in [0.1, 0.15) is 36.1 Å². The van der Waals surface area contributed by atoms with E-state index in [1.807, 2.05) is 13.8 Å². The first-order chi connectivity index (χ1) is 9.97. The van der Waals surface area contributed by atoms with Crippen molar-refractivity contribution in [1.29, 1.82) is 0 Å². The van der Waals surface area contributed by atoms with Crippen LogP contribution in [0.5, 0.6) is 0 Å². The molecule has 116 valence electrons. The topological polar surface area (TPSA) is 82.5 Å². The molecule has 2 rings (SSSR count). The van der Waals surface area contributed by atoms with Crippen molar-refractivity contribution in [1.82, 2.24) is 15.2 Å². The highest BCUT2D eigenvalue weighted by atomic mass is 32.1. The van der Waals surface area contributed by atoms with Gasteiger partial charge in [0.2, 0.25) is 0 Å². The van der Waals surface area contributed by atoms with Crippen molar-refractivity contribution < 1.29 is 14.7 Å². The Morgan fingerprint density at radius 2 is 2.14 bits per heavy atom. The molecule has 21 heavy (non-hydrogen) atoms. The van der Waals surface area contributed by atoms with Crippen molar-refractivity contribution in [2.75, 3.05) is 13.1 Å². The van der Waals surface area contributed by atoms with Crippen LogP contribution in [0.15, 0.2) is 6.20 Å². The summed E-state index contributed by atoms with van der Waals surface area (Å²) in [6, 6.07) is -0.141. The van der Waals surface area contributed by atoms with E-state index in [9.17, 15) is 14.7 Å². The van der Waals surface area contributed by atoms with Gasteiger partial charge in [0.15, 0.2) is 0 Å². The monoisotopic (exact) mass is 311 g/mol. The van der Waals surface area contributed by atoms with Gasteiger partial charge in [0.25, 0.3) is 0 Å². The van der Waals surface area contributed by atoms with Crippen LogP contribution in [0.25, 0.3) is 0 Å². The van der Waals surface area contributed by atoms with Crippen LogP contribution >= 0.6 is 11.3 Å². The number of aromatic nitrogens is 1. The van der Waals surface area contributed by atoms with Crippen molar-refractivity contribution in [2.24, 2.45) is 5.41 Å². The highest BCUT2D eigenvalue weighted by molar-refractivity contribution is 7.11. The summed E-state index contributed by atoms with van der Waals surface area (Å²) in [6.45, 7) is 5.27. The Labute approximate surface area is 128 Å². The van der Waals surface area contributed by atoms with Crippen LogP contribution in [-0.2, 0) is 11.3 Å². The first-order valence-electron chi connectivity index (χ1n) is 7.14. The minimum absolute atomic E-state index is 0.141. The molecule has 2 amide bonds. The minimum Gasteiger partial charge on any atom is -0.481 e. The van der Waals surface area contributed by atoms with Gasteiger partial charge < -0.3 is 15.3 Å². The van der Waals surface area contributed by atoms with Gasteiger partial charge in [0.05, 0.1) is 12.0 Å². The molecule has 0 aliphatic carbocycles. The number of aliphatic carboxylic acids is 1. The molecule has 1 aromatic heterocycles. The molecule has 1 aromatic rings. The Bertz CT molecular complexity index is 521. The van der Waals surface area contributed by atoms with Crippen LogP contribution in [-0.4, -0.2) is 40.1 Å². The van der Waals surface area contributed by atoms with Gasteiger partial charge in [0.1, 0.15) is 5.01 Å². The van der Waals surface area contributed by atoms with Crippen LogP contribution in [0.4, 0.5) is 4.79 Å². The molecule has 7 heteroatoms. The van der Waals surface area contributed by atoms with Crippen LogP contribution in [0.2, 0.25) is 0 Å². The SMILES string of the molecule is CCC1(C(=O)O)CCN(C(=O)NCc2ncc(C)s2)CC1. The van der Waals surface area contributed by atoms with Gasteiger partial charge in [-0.3, -0.25) is 4.79 Å². The van der Waals surface area contributed by atoms with E-state index in [1.165, 1.54) is 0 Å². The zero-order valence-corrected chi connectivity index (χ0v) is 13.2. The molecule has 0 atom stereocenters. The fraction of sp³-hybridized carbons (Fsp3) is 0.643. The molecule has 2 N–H and O–H groups in total. The highest BCUT2D eigenvalue weighted by Crippen LogP contribution is 2.35. The lowest BCUT2D eigenvalue weighted by Crippen LogP contribution is -2.49. The zero-order chi connectivity index (χ0) is 15.5. The molecular formula is C14H21N3O3S. The first-order valence-corrected chi connectivity index (χ1v) is 7.96. The number of rotatable bonds is 4. The number of amides is 2. The molecule has 0 spiro atoms. The summed E-state index contributed by atoms with van der Waals surface area (Å²) in [5.74, 6) is -0.747. The lowest BCUT2D eigenvalue weighted by molar-refractivity contribution is -0.151. The first kappa shape index (κ1) is 15.8. The van der Waals surface area contributed by atoms with Crippen LogP contribution in [0.3, 0.4) is 0 Å². The molecule has 0 radical (unpaired) electrons. The standard InChI is InChI=1S/C14H21N3O3S/c1-3-14(12(18)19)4-6-17(7-5-14)13(20)16-9-11-15-8-10(2)21-11/h8H,3-7,9H2,1-2H3,(H,16,20)(H,18,19). The molecule has 2 heterocycles. The molecule has 0 unspecified atom stereocenters. The lowest BCUT2D eigenvalue weighted by Gasteiger charge is -2.38. The molecule has 0 bridgehead atoms. The lowest BCUT2D eigenvalue weighted by atomic mass is 9.76. The maximum Gasteiger partial charge on any atom is 0.317 e. The Hall–Kier alpha value is -1.63. The number of likely N-dealkylation sites (tertiary alicyclic amines) is 1. The molecule has 0 aromatic carbocycles. The number of nitrogens with zero attached hydrogens (tertiary/aromatic N) is 2. The number of carbonyl (C=O) groups excluding carboxylic acids is 1. The Kier molecular flexibility index (Phi) is 4.82. The molecule has 1 fully saturated rings. The van der Waals surface area contributed by atoms with Gasteiger partial charge in [-0.15, -0.1) is 11.3 Å². The zero-order valence-electron chi connectivity index (χ0n) is 12.4. The summed E-state index contributed by atoms with van der Waals surface area (Å²) < 4.78 is 0. The van der Waals surface area contributed by atoms with Crippen molar-refractivity contribution in [3.63, 3.8) is 0 Å². The van der Waals surface area contributed by atoms with Crippen molar-refractivity contribution >= 4 is 23.3 Å². The number of urea groups is 1. The quantitative estimate of drug-likeness (QED) is 0.893.